The van der Waals surface area contributed by atoms with E-state index in [-0.39, 0.29) is 40.1 Å². The summed E-state index contributed by atoms with van der Waals surface area (Å²) in [5.41, 5.74) is 13.0. The molecular formula is C28H29ClF4N6O3S. The highest BCUT2D eigenvalue weighted by atomic mass is 35.5. The quantitative estimate of drug-likeness (QED) is 0.185. The summed E-state index contributed by atoms with van der Waals surface area (Å²) in [6.07, 6.45) is 5.04. The number of anilines is 2. The zero-order chi connectivity index (χ0) is 31.2. The maximum absolute atomic E-state index is 15.7. The van der Waals surface area contributed by atoms with Crippen LogP contribution in [0.2, 0.25) is 5.02 Å². The average molecular weight is 641 g/mol. The second kappa shape index (κ2) is 11.8. The van der Waals surface area contributed by atoms with Crippen molar-refractivity contribution in [2.45, 2.75) is 69.0 Å². The Balaban J connectivity index is 1.57. The fourth-order valence-corrected chi connectivity index (χ4v) is 6.96. The molecule has 1 aliphatic carbocycles. The van der Waals surface area contributed by atoms with Crippen molar-refractivity contribution >= 4 is 44.0 Å². The summed E-state index contributed by atoms with van der Waals surface area (Å²) in [6, 6.07) is 4.23. The van der Waals surface area contributed by atoms with Gasteiger partial charge in [-0.3, -0.25) is 9.40 Å². The van der Waals surface area contributed by atoms with E-state index in [1.165, 1.54) is 0 Å². The number of nitrogen functional groups attached to an aromatic ring is 1. The summed E-state index contributed by atoms with van der Waals surface area (Å²) >= 11 is 5.97. The Morgan fingerprint density at radius 2 is 1.79 bits per heavy atom. The van der Waals surface area contributed by atoms with Crippen molar-refractivity contribution in [3.63, 3.8) is 0 Å². The van der Waals surface area contributed by atoms with Gasteiger partial charge in [0.1, 0.15) is 33.8 Å². The van der Waals surface area contributed by atoms with Gasteiger partial charge in [-0.25, -0.2) is 22.2 Å². The zero-order valence-electron chi connectivity index (χ0n) is 23.1. The first-order valence-electron chi connectivity index (χ1n) is 13.5. The molecule has 2 aromatic carbocycles. The molecule has 0 amide bonds. The van der Waals surface area contributed by atoms with Crippen molar-refractivity contribution in [2.24, 2.45) is 5.73 Å². The van der Waals surface area contributed by atoms with Gasteiger partial charge in [-0.15, -0.1) is 0 Å². The number of ether oxygens (including phenoxy) is 1. The second-order valence-corrected chi connectivity index (χ2v) is 12.8. The van der Waals surface area contributed by atoms with Crippen LogP contribution in [0, 0.1) is 11.6 Å². The number of alkyl halides is 2. The normalized spacial score (nSPS) is 17.6. The van der Waals surface area contributed by atoms with Crippen molar-refractivity contribution < 1.29 is 30.7 Å². The molecule has 0 saturated heterocycles. The third kappa shape index (κ3) is 6.08. The smallest absolute Gasteiger partial charge is 0.387 e. The SMILES string of the molecule is CC(C)n1nc(-c2cc(F)c(NS(=O)(=O)c3cc(OC(F)F)ccc3Cl)cc2F)c2c(N)ncc(C3CCC(N)CC3)c21. The molecule has 0 aliphatic heterocycles. The highest BCUT2D eigenvalue weighted by Crippen LogP contribution is 2.42. The molecule has 5 rings (SSSR count). The average Bonchev–Trinajstić information content (AvgIpc) is 3.34. The number of fused-ring (bicyclic) bond motifs is 1. The van der Waals surface area contributed by atoms with E-state index in [4.69, 9.17) is 23.1 Å². The molecule has 0 unspecified atom stereocenters. The van der Waals surface area contributed by atoms with E-state index in [0.29, 0.717) is 17.0 Å². The molecule has 5 N–H and O–H groups in total. The summed E-state index contributed by atoms with van der Waals surface area (Å²) < 4.78 is 90.3. The van der Waals surface area contributed by atoms with E-state index in [2.05, 4.69) is 14.8 Å². The summed E-state index contributed by atoms with van der Waals surface area (Å²) in [6.45, 7) is 0.573. The van der Waals surface area contributed by atoms with Gasteiger partial charge >= 0.3 is 6.61 Å². The molecular weight excluding hydrogens is 612 g/mol. The molecule has 9 nitrogen and oxygen atoms in total. The highest BCUT2D eigenvalue weighted by molar-refractivity contribution is 7.92. The van der Waals surface area contributed by atoms with Crippen molar-refractivity contribution in [3.05, 3.63) is 58.7 Å². The number of hydrogen-bond acceptors (Lipinski definition) is 7. The number of nitrogens with one attached hydrogen (secondary N) is 1. The van der Waals surface area contributed by atoms with Crippen molar-refractivity contribution in [1.82, 2.24) is 14.8 Å². The van der Waals surface area contributed by atoms with Crippen LogP contribution in [0.4, 0.5) is 29.1 Å². The third-order valence-corrected chi connectivity index (χ3v) is 9.30. The lowest BCUT2D eigenvalue weighted by Gasteiger charge is -2.27. The summed E-state index contributed by atoms with van der Waals surface area (Å²) in [7, 11) is -4.66. The van der Waals surface area contributed by atoms with E-state index < -0.39 is 44.6 Å². The molecule has 0 bridgehead atoms. The summed E-state index contributed by atoms with van der Waals surface area (Å²) in [4.78, 5) is 3.69. The Kier molecular flexibility index (Phi) is 8.47. The molecule has 15 heteroatoms. The topological polar surface area (TPSA) is 138 Å². The van der Waals surface area contributed by atoms with E-state index in [0.717, 1.165) is 55.5 Å². The van der Waals surface area contributed by atoms with Gasteiger partial charge in [-0.05, 0) is 69.2 Å². The Hall–Kier alpha value is -3.62. The van der Waals surface area contributed by atoms with Crippen LogP contribution < -0.4 is 20.9 Å². The minimum Gasteiger partial charge on any atom is -0.435 e. The molecule has 4 aromatic rings. The van der Waals surface area contributed by atoms with Crippen LogP contribution in [0.1, 0.15) is 57.1 Å². The fourth-order valence-electron chi connectivity index (χ4n) is 5.38. The molecule has 1 fully saturated rings. The monoisotopic (exact) mass is 640 g/mol. The molecule has 0 spiro atoms. The molecule has 43 heavy (non-hydrogen) atoms. The molecule has 1 aliphatic rings. The van der Waals surface area contributed by atoms with Gasteiger partial charge in [0, 0.05) is 36.0 Å². The number of benzene rings is 2. The van der Waals surface area contributed by atoms with Gasteiger partial charge in [0.25, 0.3) is 10.0 Å². The Morgan fingerprint density at radius 3 is 2.44 bits per heavy atom. The predicted molar refractivity (Wildman–Crippen MR) is 156 cm³/mol. The number of nitrogens with two attached hydrogens (primary N) is 2. The first-order chi connectivity index (χ1) is 20.3. The van der Waals surface area contributed by atoms with Gasteiger partial charge in [0.15, 0.2) is 0 Å². The van der Waals surface area contributed by atoms with Crippen LogP contribution in [-0.4, -0.2) is 35.8 Å². The third-order valence-electron chi connectivity index (χ3n) is 7.46. The Labute approximate surface area is 250 Å². The summed E-state index contributed by atoms with van der Waals surface area (Å²) in [5, 5.41) is 4.63. The Morgan fingerprint density at radius 1 is 1.09 bits per heavy atom. The number of sulfonamides is 1. The van der Waals surface area contributed by atoms with Gasteiger partial charge in [0.05, 0.1) is 21.6 Å². The molecule has 2 aromatic heterocycles. The van der Waals surface area contributed by atoms with Crippen LogP contribution >= 0.6 is 11.6 Å². The van der Waals surface area contributed by atoms with E-state index in [9.17, 15) is 17.2 Å². The minimum absolute atomic E-state index is 0.0498. The van der Waals surface area contributed by atoms with Crippen LogP contribution in [0.25, 0.3) is 22.2 Å². The molecule has 0 atom stereocenters. The Bertz CT molecular complexity index is 1790. The molecule has 230 valence electrons. The highest BCUT2D eigenvalue weighted by Gasteiger charge is 2.29. The number of halogens is 5. The van der Waals surface area contributed by atoms with Crippen LogP contribution in [0.5, 0.6) is 5.75 Å². The van der Waals surface area contributed by atoms with Crippen LogP contribution in [0.3, 0.4) is 0 Å². The van der Waals surface area contributed by atoms with E-state index in [1.807, 2.05) is 18.6 Å². The van der Waals surface area contributed by atoms with E-state index in [1.54, 1.807) is 10.9 Å². The summed E-state index contributed by atoms with van der Waals surface area (Å²) in [5.74, 6) is -2.41. The number of rotatable bonds is 8. The van der Waals surface area contributed by atoms with Crippen molar-refractivity contribution in [1.29, 1.82) is 0 Å². The molecule has 0 radical (unpaired) electrons. The molecule has 1 saturated carbocycles. The van der Waals surface area contributed by atoms with Gasteiger partial charge in [0.2, 0.25) is 0 Å². The number of pyridine rings is 1. The first-order valence-corrected chi connectivity index (χ1v) is 15.3. The lowest BCUT2D eigenvalue weighted by atomic mass is 9.82. The van der Waals surface area contributed by atoms with Crippen molar-refractivity contribution in [3.8, 4) is 17.0 Å². The van der Waals surface area contributed by atoms with Gasteiger partial charge < -0.3 is 16.2 Å². The zero-order valence-corrected chi connectivity index (χ0v) is 24.7. The maximum atomic E-state index is 15.7. The minimum atomic E-state index is -4.66. The van der Waals surface area contributed by atoms with Gasteiger partial charge in [-0.1, -0.05) is 11.6 Å². The number of aromatic nitrogens is 3. The second-order valence-electron chi connectivity index (χ2n) is 10.7. The van der Waals surface area contributed by atoms with Gasteiger partial charge in [-0.2, -0.15) is 13.9 Å². The largest absolute Gasteiger partial charge is 0.435 e. The van der Waals surface area contributed by atoms with Crippen LogP contribution in [-0.2, 0) is 10.0 Å². The number of nitrogens with zero attached hydrogens (tertiary/aromatic N) is 3. The fraction of sp³-hybridized carbons (Fsp3) is 0.357. The molecule has 2 heterocycles. The van der Waals surface area contributed by atoms with E-state index >= 15 is 8.78 Å². The lowest BCUT2D eigenvalue weighted by Crippen LogP contribution is -2.26. The number of hydrogen-bond donors (Lipinski definition) is 3. The lowest BCUT2D eigenvalue weighted by molar-refractivity contribution is -0.0499. The van der Waals surface area contributed by atoms with Crippen LogP contribution in [0.15, 0.2) is 41.4 Å². The maximum Gasteiger partial charge on any atom is 0.387 e. The first kappa shape index (κ1) is 30.8. The standard InChI is InChI=1S/C28H29ClF4N6O3S/c1-13(2)39-26-18(14-3-5-15(34)6-4-14)12-36-27(35)24(26)25(37-39)17-10-21(31)22(11-20(17)30)38-43(40,41)23-9-16(42-28(32)33)7-8-19(23)29/h7-15,28,38H,3-6,34H2,1-2H3,(H2,35,36). The van der Waals surface area contributed by atoms with Crippen molar-refractivity contribution in [2.75, 3.05) is 10.5 Å². The predicted octanol–water partition coefficient (Wildman–Crippen LogP) is 6.58.